The first-order valence-electron chi connectivity index (χ1n) is 10.3. The molecule has 1 saturated heterocycles. The van der Waals surface area contributed by atoms with Crippen LogP contribution in [0.25, 0.3) is 5.76 Å². The molecule has 2 N–H and O–H groups in total. The molecular weight excluding hydrogens is 478 g/mol. The second-order valence-electron chi connectivity index (χ2n) is 7.71. The van der Waals surface area contributed by atoms with E-state index in [9.17, 15) is 19.8 Å². The van der Waals surface area contributed by atoms with E-state index in [2.05, 4.69) is 15.9 Å². The predicted molar refractivity (Wildman–Crippen MR) is 124 cm³/mol. The van der Waals surface area contributed by atoms with E-state index < -0.39 is 17.7 Å². The zero-order chi connectivity index (χ0) is 23.4. The van der Waals surface area contributed by atoms with Crippen LogP contribution in [0.1, 0.15) is 37.4 Å². The summed E-state index contributed by atoms with van der Waals surface area (Å²) in [7, 11) is 1.52. The van der Waals surface area contributed by atoms with Crippen LogP contribution in [0.4, 0.5) is 0 Å². The molecule has 0 saturated carbocycles. The first kappa shape index (κ1) is 23.8. The van der Waals surface area contributed by atoms with Crippen LogP contribution in [0, 0.1) is 0 Å². The van der Waals surface area contributed by atoms with E-state index in [1.165, 1.54) is 24.1 Å². The zero-order valence-corrected chi connectivity index (χ0v) is 19.8. The topological polar surface area (TPSA) is 96.3 Å². The van der Waals surface area contributed by atoms with Crippen molar-refractivity contribution >= 4 is 33.4 Å². The Morgan fingerprint density at radius 2 is 1.94 bits per heavy atom. The molecule has 1 unspecified atom stereocenters. The number of carbonyl (C=O) groups is 2. The molecule has 8 heteroatoms. The van der Waals surface area contributed by atoms with Crippen molar-refractivity contribution in [2.24, 2.45) is 0 Å². The summed E-state index contributed by atoms with van der Waals surface area (Å²) in [5, 5.41) is 21.1. The number of aliphatic hydroxyl groups is 1. The SMILES string of the molecule is COc1ccc(/C(O)=C2/C(=O)C(=O)N(CCCOC(C)C)C2c2cccc(O)c2)cc1Br. The number of halogens is 1. The molecule has 2 aromatic rings. The predicted octanol–water partition coefficient (Wildman–Crippen LogP) is 4.40. The average molecular weight is 504 g/mol. The zero-order valence-electron chi connectivity index (χ0n) is 18.2. The fourth-order valence-electron chi connectivity index (χ4n) is 3.68. The minimum atomic E-state index is -0.831. The molecule has 3 rings (SSSR count). The van der Waals surface area contributed by atoms with Gasteiger partial charge in [-0.25, -0.2) is 0 Å². The Morgan fingerprint density at radius 3 is 2.56 bits per heavy atom. The van der Waals surface area contributed by atoms with E-state index in [1.54, 1.807) is 30.3 Å². The summed E-state index contributed by atoms with van der Waals surface area (Å²) in [6, 6.07) is 10.4. The number of hydrogen-bond donors (Lipinski definition) is 2. The quantitative estimate of drug-likeness (QED) is 0.240. The summed E-state index contributed by atoms with van der Waals surface area (Å²) in [5.74, 6) is -1.19. The lowest BCUT2D eigenvalue weighted by Crippen LogP contribution is -2.31. The summed E-state index contributed by atoms with van der Waals surface area (Å²) in [4.78, 5) is 27.3. The number of hydrogen-bond acceptors (Lipinski definition) is 6. The maximum Gasteiger partial charge on any atom is 0.295 e. The minimum Gasteiger partial charge on any atom is -0.508 e. The molecule has 1 atom stereocenters. The van der Waals surface area contributed by atoms with Gasteiger partial charge in [-0.1, -0.05) is 12.1 Å². The number of aliphatic hydroxyl groups excluding tert-OH is 1. The van der Waals surface area contributed by atoms with Gasteiger partial charge in [-0.15, -0.1) is 0 Å². The molecule has 1 aliphatic rings. The van der Waals surface area contributed by atoms with Crippen LogP contribution in [0.2, 0.25) is 0 Å². The molecule has 1 amide bonds. The molecule has 7 nitrogen and oxygen atoms in total. The lowest BCUT2D eigenvalue weighted by atomic mass is 9.95. The van der Waals surface area contributed by atoms with Crippen LogP contribution in [0.15, 0.2) is 52.5 Å². The third-order valence-electron chi connectivity index (χ3n) is 5.15. The van der Waals surface area contributed by atoms with Gasteiger partial charge in [0.15, 0.2) is 0 Å². The molecule has 0 aliphatic carbocycles. The van der Waals surface area contributed by atoms with Crippen LogP contribution < -0.4 is 4.74 Å². The van der Waals surface area contributed by atoms with Crippen molar-refractivity contribution in [1.82, 2.24) is 4.90 Å². The Kier molecular flexibility index (Phi) is 7.58. The molecule has 1 fully saturated rings. The molecular formula is C24H26BrNO6. The number of amides is 1. The summed E-state index contributed by atoms with van der Waals surface area (Å²) in [5.41, 5.74) is 0.870. The lowest BCUT2D eigenvalue weighted by molar-refractivity contribution is -0.140. The minimum absolute atomic E-state index is 0.00317. The fourth-order valence-corrected chi connectivity index (χ4v) is 4.22. The molecule has 1 aliphatic heterocycles. The molecule has 0 spiro atoms. The van der Waals surface area contributed by atoms with Gasteiger partial charge >= 0.3 is 0 Å². The van der Waals surface area contributed by atoms with Crippen molar-refractivity contribution in [2.45, 2.75) is 32.4 Å². The summed E-state index contributed by atoms with van der Waals surface area (Å²) in [6.07, 6.45) is 0.579. The van der Waals surface area contributed by atoms with Crippen molar-refractivity contribution in [2.75, 3.05) is 20.3 Å². The van der Waals surface area contributed by atoms with E-state index in [4.69, 9.17) is 9.47 Å². The van der Waals surface area contributed by atoms with Crippen molar-refractivity contribution in [3.8, 4) is 11.5 Å². The Bertz CT molecular complexity index is 1050. The standard InChI is InChI=1S/C24H26BrNO6/c1-14(2)32-11-5-10-26-21(15-6-4-7-17(27)12-15)20(23(29)24(26)30)22(28)16-8-9-19(31-3)18(25)13-16/h4,6-9,12-14,21,27-28H,5,10-11H2,1-3H3/b22-20-. The Balaban J connectivity index is 2.06. The highest BCUT2D eigenvalue weighted by atomic mass is 79.9. The molecule has 2 aromatic carbocycles. The van der Waals surface area contributed by atoms with E-state index in [-0.39, 0.29) is 29.7 Å². The summed E-state index contributed by atoms with van der Waals surface area (Å²) < 4.78 is 11.4. The van der Waals surface area contributed by atoms with Gasteiger partial charge in [-0.05, 0) is 72.1 Å². The number of carbonyl (C=O) groups excluding carboxylic acids is 2. The van der Waals surface area contributed by atoms with Gasteiger partial charge in [0, 0.05) is 18.7 Å². The number of methoxy groups -OCH3 is 1. The molecule has 32 heavy (non-hydrogen) atoms. The van der Waals surface area contributed by atoms with E-state index >= 15 is 0 Å². The van der Waals surface area contributed by atoms with Crippen LogP contribution in [0.5, 0.6) is 11.5 Å². The van der Waals surface area contributed by atoms with E-state index in [1.807, 2.05) is 13.8 Å². The van der Waals surface area contributed by atoms with Crippen LogP contribution in [0.3, 0.4) is 0 Å². The number of aromatic hydroxyl groups is 1. The number of benzene rings is 2. The van der Waals surface area contributed by atoms with Crippen molar-refractivity contribution in [3.63, 3.8) is 0 Å². The molecule has 170 valence electrons. The largest absolute Gasteiger partial charge is 0.508 e. The first-order chi connectivity index (χ1) is 15.2. The monoisotopic (exact) mass is 503 g/mol. The number of phenols is 1. The van der Waals surface area contributed by atoms with Gasteiger partial charge in [0.1, 0.15) is 17.3 Å². The number of rotatable bonds is 8. The third kappa shape index (κ3) is 4.97. The average Bonchev–Trinajstić information content (AvgIpc) is 3.01. The summed E-state index contributed by atoms with van der Waals surface area (Å²) >= 11 is 3.38. The van der Waals surface area contributed by atoms with Crippen molar-refractivity contribution in [3.05, 3.63) is 63.6 Å². The maximum atomic E-state index is 13.0. The van der Waals surface area contributed by atoms with E-state index in [0.29, 0.717) is 34.4 Å². The van der Waals surface area contributed by atoms with Gasteiger partial charge < -0.3 is 24.6 Å². The molecule has 0 radical (unpaired) electrons. The Labute approximate surface area is 195 Å². The fraction of sp³-hybridized carbons (Fsp3) is 0.333. The first-order valence-corrected chi connectivity index (χ1v) is 11.1. The van der Waals surface area contributed by atoms with Crippen LogP contribution in [-0.4, -0.2) is 53.2 Å². The van der Waals surface area contributed by atoms with Crippen molar-refractivity contribution < 1.29 is 29.3 Å². The number of Topliss-reactive ketones (excluding diaryl/α,β-unsaturated/α-hetero) is 1. The van der Waals surface area contributed by atoms with Crippen LogP contribution in [-0.2, 0) is 14.3 Å². The number of phenolic OH excluding ortho intramolecular Hbond substituents is 1. The second-order valence-corrected chi connectivity index (χ2v) is 8.56. The molecule has 0 aromatic heterocycles. The van der Waals surface area contributed by atoms with Gasteiger partial charge in [-0.3, -0.25) is 9.59 Å². The summed E-state index contributed by atoms with van der Waals surface area (Å²) in [6.45, 7) is 4.54. The molecule has 0 bridgehead atoms. The number of likely N-dealkylation sites (tertiary alicyclic amines) is 1. The van der Waals surface area contributed by atoms with E-state index in [0.717, 1.165) is 0 Å². The Hall–Kier alpha value is -2.84. The highest BCUT2D eigenvalue weighted by molar-refractivity contribution is 9.10. The Morgan fingerprint density at radius 1 is 1.19 bits per heavy atom. The number of ketones is 1. The van der Waals surface area contributed by atoms with Gasteiger partial charge in [0.05, 0.1) is 29.3 Å². The van der Waals surface area contributed by atoms with Gasteiger partial charge in [0.2, 0.25) is 0 Å². The van der Waals surface area contributed by atoms with Crippen molar-refractivity contribution in [1.29, 1.82) is 0 Å². The normalized spacial score (nSPS) is 17.9. The van der Waals surface area contributed by atoms with Gasteiger partial charge in [-0.2, -0.15) is 0 Å². The second kappa shape index (κ2) is 10.2. The number of ether oxygens (including phenoxy) is 2. The highest BCUT2D eigenvalue weighted by Gasteiger charge is 2.45. The van der Waals surface area contributed by atoms with Crippen LogP contribution >= 0.6 is 15.9 Å². The maximum absolute atomic E-state index is 13.0. The van der Waals surface area contributed by atoms with Gasteiger partial charge in [0.25, 0.3) is 11.7 Å². The number of nitrogens with zero attached hydrogens (tertiary/aromatic N) is 1. The lowest BCUT2D eigenvalue weighted by Gasteiger charge is -2.25. The molecule has 1 heterocycles. The smallest absolute Gasteiger partial charge is 0.295 e. The highest BCUT2D eigenvalue weighted by Crippen LogP contribution is 2.41. The third-order valence-corrected chi connectivity index (χ3v) is 5.77.